The van der Waals surface area contributed by atoms with Gasteiger partial charge in [0.25, 0.3) is 0 Å². The maximum atomic E-state index is 7.33. The Morgan fingerprint density at radius 2 is 0.672 bits per heavy atom. The van der Waals surface area contributed by atoms with Crippen LogP contribution in [0.3, 0.4) is 0 Å². The van der Waals surface area contributed by atoms with E-state index in [2.05, 4.69) is 24.3 Å². The van der Waals surface area contributed by atoms with Gasteiger partial charge in [0.1, 0.15) is 35.1 Å². The summed E-state index contributed by atoms with van der Waals surface area (Å²) in [5, 5.41) is 0. The van der Waals surface area contributed by atoms with Crippen molar-refractivity contribution in [3.05, 3.63) is 191 Å². The molecule has 2 aliphatic rings. The van der Waals surface area contributed by atoms with Crippen LogP contribution >= 0.6 is 0 Å². The van der Waals surface area contributed by atoms with Gasteiger partial charge in [-0.25, -0.2) is 9.98 Å². The molecule has 8 nitrogen and oxygen atoms in total. The third-order valence-corrected chi connectivity index (χ3v) is 10.4. The van der Waals surface area contributed by atoms with Crippen LogP contribution in [-0.2, 0) is 37.2 Å². The summed E-state index contributed by atoms with van der Waals surface area (Å²) in [4.78, 5) is 10.8. The van der Waals surface area contributed by atoms with Crippen LogP contribution in [-0.4, -0.2) is 40.2 Å². The van der Waals surface area contributed by atoms with Gasteiger partial charge in [0, 0.05) is 22.3 Å². The number of ether oxygens (including phenoxy) is 6. The summed E-state index contributed by atoms with van der Waals surface area (Å²) in [6.45, 7) is 0. The zero-order valence-electron chi connectivity index (χ0n) is 32.3. The molecule has 0 fully saturated rings. The Labute approximate surface area is 362 Å². The van der Waals surface area contributed by atoms with Gasteiger partial charge in [-0.1, -0.05) is 133 Å². The zero-order valence-corrected chi connectivity index (χ0v) is 34.8. The monoisotopic (exact) mass is 858 g/mol. The van der Waals surface area contributed by atoms with Gasteiger partial charge in [-0.05, 0) is 35.4 Å². The Hall–Kier alpha value is -5.47. The standard InChI is InChI=1S/C47H42N2O6.2ClH.Ni/c1-50-38-27-15-11-23-34(38)46(35-24-12-16-28-39(35)51-2)44(32-19-7-5-8-20-32)48-42(54-46)31-43-49-45(33-21-9-6-10-22-33)47(55-43,36-25-13-17-29-40(36)52-3)37-26-14-18-30-41(37)53-4;;;/h5-30,44-45H,31H2,1-4H3;2*1H;/q;;;+2/p-2/t44-,45-;;;/m1.../s1. The molecule has 0 saturated carbocycles. The van der Waals surface area contributed by atoms with Gasteiger partial charge in [0.05, 0.1) is 34.9 Å². The zero-order chi connectivity index (χ0) is 37.8. The number of hydrogen-bond acceptors (Lipinski definition) is 8. The number of benzene rings is 6. The van der Waals surface area contributed by atoms with Crippen molar-refractivity contribution in [2.24, 2.45) is 9.98 Å². The van der Waals surface area contributed by atoms with Crippen LogP contribution in [0, 0.1) is 0 Å². The fraction of sp³-hybridized carbons (Fsp3) is 0.191. The molecule has 8 rings (SSSR count). The predicted octanol–water partition coefficient (Wildman–Crippen LogP) is 3.64. The van der Waals surface area contributed by atoms with E-state index in [0.717, 1.165) is 33.4 Å². The van der Waals surface area contributed by atoms with Gasteiger partial charge in [0.2, 0.25) is 0 Å². The predicted molar refractivity (Wildman–Crippen MR) is 214 cm³/mol. The van der Waals surface area contributed by atoms with Crippen LogP contribution in [0.4, 0.5) is 0 Å². The molecule has 0 saturated heterocycles. The Bertz CT molecular complexity index is 2100. The molecule has 6 aromatic rings. The first kappa shape index (κ1) is 43.7. The third kappa shape index (κ3) is 7.50. The van der Waals surface area contributed by atoms with Gasteiger partial charge in [-0.2, -0.15) is 0 Å². The fourth-order valence-electron chi connectivity index (χ4n) is 8.09. The maximum Gasteiger partial charge on any atom is 2.00 e. The van der Waals surface area contributed by atoms with Crippen LogP contribution in [0.5, 0.6) is 23.0 Å². The number of rotatable bonds is 12. The quantitative estimate of drug-likeness (QED) is 0.175. The van der Waals surface area contributed by atoms with E-state index in [9.17, 15) is 0 Å². The number of methoxy groups -OCH3 is 4. The van der Waals surface area contributed by atoms with Crippen molar-refractivity contribution < 1.29 is 69.7 Å². The molecule has 2 atom stereocenters. The Morgan fingerprint density at radius 3 is 0.948 bits per heavy atom. The van der Waals surface area contributed by atoms with Crippen molar-refractivity contribution >= 4 is 11.8 Å². The summed E-state index contributed by atoms with van der Waals surface area (Å²) in [6.07, 6.45) is 0.158. The van der Waals surface area contributed by atoms with E-state index in [0.29, 0.717) is 34.8 Å². The molecular formula is C47H42Cl2N2NiO6. The number of hydrogen-bond donors (Lipinski definition) is 0. The van der Waals surface area contributed by atoms with E-state index in [4.69, 9.17) is 38.4 Å². The smallest absolute Gasteiger partial charge is 1.00 e. The number of nitrogens with zero attached hydrogens (tertiary/aromatic N) is 2. The molecule has 0 radical (unpaired) electrons. The van der Waals surface area contributed by atoms with Crippen LogP contribution in [0.15, 0.2) is 168 Å². The second-order valence-corrected chi connectivity index (χ2v) is 13.3. The van der Waals surface area contributed by atoms with E-state index >= 15 is 0 Å². The summed E-state index contributed by atoms with van der Waals surface area (Å²) in [5.74, 6) is 3.55. The minimum atomic E-state index is -1.18. The molecule has 0 aliphatic carbocycles. The molecular weight excluding hydrogens is 818 g/mol. The number of aliphatic imine (C=N–C) groups is 2. The van der Waals surface area contributed by atoms with Crippen LogP contribution in [0.25, 0.3) is 0 Å². The maximum absolute atomic E-state index is 7.33. The van der Waals surface area contributed by atoms with Gasteiger partial charge in [-0.3, -0.25) is 0 Å². The minimum Gasteiger partial charge on any atom is -1.00 e. The van der Waals surface area contributed by atoms with E-state index in [-0.39, 0.29) is 47.7 Å². The minimum absolute atomic E-state index is 0. The van der Waals surface area contributed by atoms with Crippen molar-refractivity contribution in [2.75, 3.05) is 28.4 Å². The van der Waals surface area contributed by atoms with Crippen molar-refractivity contribution in [3.63, 3.8) is 0 Å². The first-order valence-electron chi connectivity index (χ1n) is 18.2. The first-order valence-corrected chi connectivity index (χ1v) is 18.2. The summed E-state index contributed by atoms with van der Waals surface area (Å²) in [6, 6.07) is 50.9. The van der Waals surface area contributed by atoms with Crippen LogP contribution < -0.4 is 43.8 Å². The largest absolute Gasteiger partial charge is 2.00 e. The summed E-state index contributed by atoms with van der Waals surface area (Å²) >= 11 is 0. The molecule has 11 heteroatoms. The topological polar surface area (TPSA) is 80.1 Å². The van der Waals surface area contributed by atoms with Crippen LogP contribution in [0.1, 0.15) is 51.9 Å². The molecule has 6 aromatic carbocycles. The Morgan fingerprint density at radius 1 is 0.414 bits per heavy atom. The van der Waals surface area contributed by atoms with Crippen molar-refractivity contribution in [1.82, 2.24) is 0 Å². The molecule has 58 heavy (non-hydrogen) atoms. The van der Waals surface area contributed by atoms with Crippen LogP contribution in [0.2, 0.25) is 0 Å². The Balaban J connectivity index is 0.00000214. The SMILES string of the molecule is COc1ccccc1C1(c2ccccc2OC)OC(CC2=N[C@H](c3ccccc3)C(c3ccccc3OC)(c3ccccc3OC)O2)=N[C@@H]1c1ccccc1.[Cl-].[Cl-].[Ni+2]. The molecule has 300 valence electrons. The van der Waals surface area contributed by atoms with Crippen molar-refractivity contribution in [1.29, 1.82) is 0 Å². The van der Waals surface area contributed by atoms with Gasteiger partial charge in [-0.15, -0.1) is 0 Å². The van der Waals surface area contributed by atoms with E-state index in [1.165, 1.54) is 0 Å². The van der Waals surface area contributed by atoms with E-state index < -0.39 is 23.3 Å². The van der Waals surface area contributed by atoms with Gasteiger partial charge in [0.15, 0.2) is 23.0 Å². The fourth-order valence-corrected chi connectivity index (χ4v) is 8.09. The molecule has 0 bridgehead atoms. The summed E-state index contributed by atoms with van der Waals surface area (Å²) < 4.78 is 38.7. The number of para-hydroxylation sites is 4. The second-order valence-electron chi connectivity index (χ2n) is 13.3. The summed E-state index contributed by atoms with van der Waals surface area (Å²) in [5.41, 5.74) is 2.79. The van der Waals surface area contributed by atoms with Crippen molar-refractivity contribution in [2.45, 2.75) is 29.7 Å². The van der Waals surface area contributed by atoms with E-state index in [1.54, 1.807) is 28.4 Å². The first-order chi connectivity index (χ1) is 27.1. The second kappa shape index (κ2) is 18.9. The molecule has 2 aliphatic heterocycles. The summed E-state index contributed by atoms with van der Waals surface area (Å²) in [7, 11) is 6.68. The molecule has 2 heterocycles. The normalized spacial score (nSPS) is 17.0. The Kier molecular flexibility index (Phi) is 14.2. The van der Waals surface area contributed by atoms with Gasteiger partial charge >= 0.3 is 16.5 Å². The average molecular weight is 860 g/mol. The number of halogens is 2. The molecule has 0 unspecified atom stereocenters. The van der Waals surface area contributed by atoms with E-state index in [1.807, 2.05) is 133 Å². The molecule has 0 N–H and O–H groups in total. The molecule has 0 amide bonds. The van der Waals surface area contributed by atoms with Gasteiger partial charge < -0.3 is 53.2 Å². The molecule has 0 spiro atoms. The third-order valence-electron chi connectivity index (χ3n) is 10.4. The van der Waals surface area contributed by atoms with Crippen molar-refractivity contribution in [3.8, 4) is 23.0 Å². The molecule has 0 aromatic heterocycles. The average Bonchev–Trinajstić information content (AvgIpc) is 3.84.